The molecule has 1 aliphatic rings. The Bertz CT molecular complexity index is 350. The predicted octanol–water partition coefficient (Wildman–Crippen LogP) is 3.03. The number of quaternary nitrogens is 1. The van der Waals surface area contributed by atoms with Gasteiger partial charge in [0, 0.05) is 6.42 Å². The van der Waals surface area contributed by atoms with Crippen molar-refractivity contribution in [3.05, 3.63) is 35.4 Å². The van der Waals surface area contributed by atoms with Crippen molar-refractivity contribution in [2.45, 2.75) is 64.3 Å². The van der Waals surface area contributed by atoms with Crippen LogP contribution in [-0.4, -0.2) is 12.6 Å². The monoisotopic (exact) mass is 246 g/mol. The van der Waals surface area contributed by atoms with Gasteiger partial charge in [0.2, 0.25) is 0 Å². The molecule has 0 amide bonds. The Morgan fingerprint density at radius 2 is 1.78 bits per heavy atom. The second kappa shape index (κ2) is 5.88. The first-order valence-corrected chi connectivity index (χ1v) is 7.48. The SMILES string of the molecule is CC(C)(C)c1ccc(C[C@H]2CCCCC[NH2+]2)cc1. The lowest BCUT2D eigenvalue weighted by Gasteiger charge is -2.19. The zero-order valence-electron chi connectivity index (χ0n) is 12.2. The highest BCUT2D eigenvalue weighted by Gasteiger charge is 2.16. The van der Waals surface area contributed by atoms with Crippen LogP contribution in [0, 0.1) is 0 Å². The molecule has 2 rings (SSSR count). The minimum absolute atomic E-state index is 0.271. The van der Waals surface area contributed by atoms with E-state index in [1.165, 1.54) is 49.8 Å². The van der Waals surface area contributed by atoms with Gasteiger partial charge in [0.1, 0.15) is 0 Å². The van der Waals surface area contributed by atoms with Crippen LogP contribution in [0.2, 0.25) is 0 Å². The van der Waals surface area contributed by atoms with Crippen LogP contribution in [0.3, 0.4) is 0 Å². The third kappa shape index (κ3) is 3.84. The quantitative estimate of drug-likeness (QED) is 0.826. The highest BCUT2D eigenvalue weighted by Crippen LogP contribution is 2.22. The third-order valence-electron chi connectivity index (χ3n) is 4.10. The largest absolute Gasteiger partial charge is 0.344 e. The van der Waals surface area contributed by atoms with Crippen LogP contribution < -0.4 is 5.32 Å². The molecule has 18 heavy (non-hydrogen) atoms. The molecule has 1 heterocycles. The summed E-state index contributed by atoms with van der Waals surface area (Å²) in [4.78, 5) is 0. The Morgan fingerprint density at radius 1 is 1.06 bits per heavy atom. The highest BCUT2D eigenvalue weighted by molar-refractivity contribution is 5.27. The fourth-order valence-corrected chi connectivity index (χ4v) is 2.83. The van der Waals surface area contributed by atoms with Crippen LogP contribution in [0.15, 0.2) is 24.3 Å². The number of benzene rings is 1. The van der Waals surface area contributed by atoms with E-state index < -0.39 is 0 Å². The van der Waals surface area contributed by atoms with Gasteiger partial charge >= 0.3 is 0 Å². The van der Waals surface area contributed by atoms with Gasteiger partial charge in [0.25, 0.3) is 0 Å². The molecule has 1 aromatic rings. The van der Waals surface area contributed by atoms with Gasteiger partial charge in [-0.25, -0.2) is 0 Å². The first-order valence-electron chi connectivity index (χ1n) is 7.48. The van der Waals surface area contributed by atoms with E-state index >= 15 is 0 Å². The average molecular weight is 246 g/mol. The number of nitrogens with two attached hydrogens (primary N) is 1. The van der Waals surface area contributed by atoms with Gasteiger partial charge in [0.05, 0.1) is 12.6 Å². The first-order chi connectivity index (χ1) is 8.55. The molecule has 1 atom stereocenters. The third-order valence-corrected chi connectivity index (χ3v) is 4.10. The van der Waals surface area contributed by atoms with Crippen LogP contribution >= 0.6 is 0 Å². The molecule has 0 aromatic heterocycles. The van der Waals surface area contributed by atoms with Gasteiger partial charge in [-0.1, -0.05) is 45.0 Å². The van der Waals surface area contributed by atoms with Crippen LogP contribution in [0.4, 0.5) is 0 Å². The molecule has 2 N–H and O–H groups in total. The average Bonchev–Trinajstić information content (AvgIpc) is 2.57. The van der Waals surface area contributed by atoms with Crippen LogP contribution in [0.5, 0.6) is 0 Å². The van der Waals surface area contributed by atoms with Crippen molar-refractivity contribution in [3.8, 4) is 0 Å². The summed E-state index contributed by atoms with van der Waals surface area (Å²) in [5.41, 5.74) is 3.22. The summed E-state index contributed by atoms with van der Waals surface area (Å²) in [7, 11) is 0. The van der Waals surface area contributed by atoms with E-state index in [1.807, 2.05) is 0 Å². The van der Waals surface area contributed by atoms with E-state index in [4.69, 9.17) is 0 Å². The lowest BCUT2D eigenvalue weighted by Crippen LogP contribution is -2.90. The standard InChI is InChI=1S/C17H27N/c1-17(2,3)15-10-8-14(9-11-15)13-16-7-5-4-6-12-18-16/h8-11,16,18H,4-7,12-13H2,1-3H3/p+1/t16-/m1/s1. The smallest absolute Gasteiger partial charge is 0.0899 e. The lowest BCUT2D eigenvalue weighted by atomic mass is 9.86. The topological polar surface area (TPSA) is 16.6 Å². The second-order valence-corrected chi connectivity index (χ2v) is 6.78. The molecule has 100 valence electrons. The van der Waals surface area contributed by atoms with Crippen molar-refractivity contribution >= 4 is 0 Å². The van der Waals surface area contributed by atoms with E-state index in [0.29, 0.717) is 0 Å². The van der Waals surface area contributed by atoms with E-state index in [-0.39, 0.29) is 5.41 Å². The zero-order valence-corrected chi connectivity index (χ0v) is 12.2. The first kappa shape index (κ1) is 13.6. The summed E-state index contributed by atoms with van der Waals surface area (Å²) >= 11 is 0. The maximum absolute atomic E-state index is 2.56. The van der Waals surface area contributed by atoms with Crippen molar-refractivity contribution in [3.63, 3.8) is 0 Å². The summed E-state index contributed by atoms with van der Waals surface area (Å²) in [6.45, 7) is 8.16. The van der Waals surface area contributed by atoms with E-state index in [9.17, 15) is 0 Å². The summed E-state index contributed by atoms with van der Waals surface area (Å²) in [5.74, 6) is 0. The van der Waals surface area contributed by atoms with Crippen LogP contribution in [0.1, 0.15) is 57.6 Å². The predicted molar refractivity (Wildman–Crippen MR) is 77.9 cm³/mol. The fourth-order valence-electron chi connectivity index (χ4n) is 2.83. The molecule has 0 saturated carbocycles. The van der Waals surface area contributed by atoms with Gasteiger partial charge in [-0.3, -0.25) is 0 Å². The van der Waals surface area contributed by atoms with Crippen LogP contribution in [0.25, 0.3) is 0 Å². The van der Waals surface area contributed by atoms with E-state index in [0.717, 1.165) is 6.04 Å². The van der Waals surface area contributed by atoms with Crippen molar-refractivity contribution in [2.24, 2.45) is 0 Å². The fraction of sp³-hybridized carbons (Fsp3) is 0.647. The van der Waals surface area contributed by atoms with Crippen molar-refractivity contribution < 1.29 is 5.32 Å². The zero-order chi connectivity index (χ0) is 13.0. The molecule has 1 nitrogen and oxygen atoms in total. The molecule has 1 saturated heterocycles. The molecular weight excluding hydrogens is 218 g/mol. The van der Waals surface area contributed by atoms with Gasteiger partial charge < -0.3 is 5.32 Å². The van der Waals surface area contributed by atoms with Crippen molar-refractivity contribution in [1.82, 2.24) is 0 Å². The number of rotatable bonds is 2. The summed E-state index contributed by atoms with van der Waals surface area (Å²) < 4.78 is 0. The Labute approximate surface area is 112 Å². The highest BCUT2D eigenvalue weighted by atomic mass is 14.9. The Balaban J connectivity index is 1.97. The Hall–Kier alpha value is -0.820. The minimum atomic E-state index is 0.271. The van der Waals surface area contributed by atoms with Gasteiger partial charge in [-0.2, -0.15) is 0 Å². The molecule has 0 spiro atoms. The number of hydrogen-bond acceptors (Lipinski definition) is 0. The van der Waals surface area contributed by atoms with Crippen molar-refractivity contribution in [1.29, 1.82) is 0 Å². The van der Waals surface area contributed by atoms with E-state index in [1.54, 1.807) is 0 Å². The van der Waals surface area contributed by atoms with Gasteiger partial charge in [0.15, 0.2) is 0 Å². The van der Waals surface area contributed by atoms with Gasteiger partial charge in [-0.15, -0.1) is 0 Å². The van der Waals surface area contributed by atoms with E-state index in [2.05, 4.69) is 50.4 Å². The summed E-state index contributed by atoms with van der Waals surface area (Å²) in [6.07, 6.45) is 6.88. The maximum Gasteiger partial charge on any atom is 0.0899 e. The maximum atomic E-state index is 2.56. The molecule has 0 radical (unpaired) electrons. The molecule has 0 unspecified atom stereocenters. The molecule has 0 bridgehead atoms. The molecular formula is C17H28N+. The van der Waals surface area contributed by atoms with Gasteiger partial charge in [-0.05, 0) is 42.2 Å². The minimum Gasteiger partial charge on any atom is -0.344 e. The lowest BCUT2D eigenvalue weighted by molar-refractivity contribution is -0.687. The molecule has 1 heteroatoms. The number of hydrogen-bond donors (Lipinski definition) is 1. The second-order valence-electron chi connectivity index (χ2n) is 6.78. The van der Waals surface area contributed by atoms with Crippen molar-refractivity contribution in [2.75, 3.05) is 6.54 Å². The normalized spacial score (nSPS) is 21.6. The van der Waals surface area contributed by atoms with Crippen LogP contribution in [-0.2, 0) is 11.8 Å². The molecule has 1 fully saturated rings. The Kier molecular flexibility index (Phi) is 4.45. The molecule has 0 aliphatic carbocycles. The summed E-state index contributed by atoms with van der Waals surface area (Å²) in [5, 5.41) is 2.56. The Morgan fingerprint density at radius 3 is 2.44 bits per heavy atom. The molecule has 1 aromatic carbocycles. The summed E-state index contributed by atoms with van der Waals surface area (Å²) in [6, 6.07) is 10.1. The molecule has 1 aliphatic heterocycles.